The lowest BCUT2D eigenvalue weighted by atomic mass is 9.89. The van der Waals surface area contributed by atoms with Gasteiger partial charge in [0, 0.05) is 22.2 Å². The van der Waals surface area contributed by atoms with E-state index in [0.717, 1.165) is 12.1 Å². The van der Waals surface area contributed by atoms with Crippen molar-refractivity contribution < 1.29 is 39.9 Å². The van der Waals surface area contributed by atoms with Crippen molar-refractivity contribution in [2.75, 3.05) is 5.73 Å². The second-order valence-electron chi connectivity index (χ2n) is 15.2. The van der Waals surface area contributed by atoms with Crippen molar-refractivity contribution in [2.24, 2.45) is 0 Å². The third kappa shape index (κ3) is 9.35. The average Bonchev–Trinajstić information content (AvgIpc) is 3.70. The molecule has 2 aliphatic rings. The molecule has 9 nitrogen and oxygen atoms in total. The maximum atomic E-state index is 14.6. The van der Waals surface area contributed by atoms with Crippen LogP contribution in [0.3, 0.4) is 0 Å². The van der Waals surface area contributed by atoms with E-state index < -0.39 is 61.9 Å². The number of nitrogen functional groups attached to an aromatic ring is 1. The van der Waals surface area contributed by atoms with Gasteiger partial charge in [-0.2, -0.15) is 18.3 Å². The van der Waals surface area contributed by atoms with Gasteiger partial charge in [-0.1, -0.05) is 30.2 Å². The number of hydrogen-bond acceptors (Lipinski definition) is 7. The highest BCUT2D eigenvalue weighted by atomic mass is 35.5. The molecule has 0 radical (unpaired) electrons. The van der Waals surface area contributed by atoms with E-state index in [1.54, 1.807) is 20.8 Å². The number of aromatic nitrogens is 3. The number of anilines is 1. The summed E-state index contributed by atoms with van der Waals surface area (Å²) in [6.07, 6.45) is -2.20. The van der Waals surface area contributed by atoms with Crippen molar-refractivity contribution in [3.05, 3.63) is 86.7 Å². The lowest BCUT2D eigenvalue weighted by Crippen LogP contribution is -2.39. The quantitative estimate of drug-likeness (QED) is 0.188. The molecule has 0 bridgehead atoms. The summed E-state index contributed by atoms with van der Waals surface area (Å²) in [5.41, 5.74) is 7.06. The number of ether oxygens (including phenoxy) is 1. The van der Waals surface area contributed by atoms with E-state index in [9.17, 15) is 35.2 Å². The summed E-state index contributed by atoms with van der Waals surface area (Å²) in [6.45, 7) is 11.8. The molecule has 3 N–H and O–H groups in total. The first-order valence-corrected chi connectivity index (χ1v) is 19.5. The Kier molecular flexibility index (Phi) is 11.6. The number of sulfone groups is 1. The lowest BCUT2D eigenvalue weighted by molar-refractivity contribution is -0.143. The van der Waals surface area contributed by atoms with Crippen LogP contribution in [0.5, 0.6) is 0 Å². The molecule has 55 heavy (non-hydrogen) atoms. The molecule has 1 amide bonds. The van der Waals surface area contributed by atoms with Gasteiger partial charge in [0.2, 0.25) is 0 Å². The number of amides is 1. The van der Waals surface area contributed by atoms with Crippen molar-refractivity contribution >= 4 is 44.0 Å². The zero-order valence-electron chi connectivity index (χ0n) is 31.3. The minimum Gasteiger partial charge on any atom is -0.444 e. The topological polar surface area (TPSA) is 129 Å². The maximum absolute atomic E-state index is 14.6. The normalized spacial score (nSPS) is 16.4. The Balaban J connectivity index is 1.92. The SMILES string of the molecule is C=C/C(c1c([C@H](Cc2cc(F)cc(F)c2)NC(=O)OC(C)(C)C)nc(C#CC(C)(C)S(=O)(=O)C2CC2)c2c1CCC2)=c1\c(=C(/C)Cl)c(N)nn1CC(F)(F)F. The van der Waals surface area contributed by atoms with E-state index in [-0.39, 0.29) is 55.9 Å². The molecule has 2 aliphatic carbocycles. The van der Waals surface area contributed by atoms with Gasteiger partial charge in [-0.15, -0.1) is 0 Å². The number of halogens is 6. The molecule has 1 fully saturated rings. The van der Waals surface area contributed by atoms with Crippen molar-refractivity contribution in [1.29, 1.82) is 0 Å². The number of nitrogens with one attached hydrogen (secondary N) is 1. The van der Waals surface area contributed by atoms with Crippen LogP contribution in [0, 0.1) is 23.5 Å². The Hall–Kier alpha value is -4.42. The second kappa shape index (κ2) is 15.3. The Morgan fingerprint density at radius 2 is 1.75 bits per heavy atom. The number of carbonyl (C=O) groups excluding carboxylic acids is 1. The fraction of sp³-hybridized carbons (Fsp3) is 0.462. The Morgan fingerprint density at radius 3 is 2.29 bits per heavy atom. The van der Waals surface area contributed by atoms with Gasteiger partial charge in [0.05, 0.1) is 27.6 Å². The lowest BCUT2D eigenvalue weighted by Gasteiger charge is -2.27. The van der Waals surface area contributed by atoms with Crippen molar-refractivity contribution in [1.82, 2.24) is 20.1 Å². The standard InChI is InChI=1S/C39H43ClF5N5O4S/c1-8-26(34-31(21(2)40)35(46)49-50(34)20-39(43,44)45)32-28-11-9-10-27(28)29(14-15-38(6,7)55(52,53)25-12-13-25)47-33(32)30(48-36(51)54-37(3,4)5)18-22-16-23(41)19-24(42)17-22/h8,16-17,19,25,30H,1,9-13,18,20H2,2-7H3,(H2,46,49)(H,48,51)/b31-21-,34-26-/t30-/m0/s1. The fourth-order valence-electron chi connectivity index (χ4n) is 6.74. The van der Waals surface area contributed by atoms with Crippen molar-refractivity contribution in [3.8, 4) is 11.8 Å². The Bertz CT molecular complexity index is 2330. The van der Waals surface area contributed by atoms with Crippen LogP contribution in [0.1, 0.15) is 100 Å². The first kappa shape index (κ1) is 41.7. The van der Waals surface area contributed by atoms with E-state index in [4.69, 9.17) is 27.1 Å². The molecule has 16 heteroatoms. The number of alkyl carbamates (subject to hydrolysis) is 1. The molecule has 2 aromatic heterocycles. The number of fused-ring (bicyclic) bond motifs is 1. The monoisotopic (exact) mass is 807 g/mol. The largest absolute Gasteiger partial charge is 0.444 e. The molecular formula is C39H43ClF5N5O4S. The highest BCUT2D eigenvalue weighted by Gasteiger charge is 2.45. The summed E-state index contributed by atoms with van der Waals surface area (Å²) < 4.78 is 103. The van der Waals surface area contributed by atoms with Gasteiger partial charge in [0.25, 0.3) is 0 Å². The Morgan fingerprint density at radius 1 is 1.13 bits per heavy atom. The summed E-state index contributed by atoms with van der Waals surface area (Å²) in [7, 11) is -3.64. The third-order valence-corrected chi connectivity index (χ3v) is 12.3. The number of nitrogens with two attached hydrogens (primary N) is 1. The molecule has 1 saturated carbocycles. The molecule has 3 aromatic rings. The van der Waals surface area contributed by atoms with Gasteiger partial charge in [-0.25, -0.2) is 27.0 Å². The van der Waals surface area contributed by atoms with E-state index in [2.05, 4.69) is 28.8 Å². The zero-order valence-corrected chi connectivity index (χ0v) is 32.9. The van der Waals surface area contributed by atoms with Gasteiger partial charge in [-0.05, 0) is 115 Å². The van der Waals surface area contributed by atoms with E-state index in [1.807, 2.05) is 0 Å². The predicted octanol–water partition coefficient (Wildman–Crippen LogP) is 6.46. The van der Waals surface area contributed by atoms with Crippen molar-refractivity contribution in [3.63, 3.8) is 0 Å². The van der Waals surface area contributed by atoms with Crippen molar-refractivity contribution in [2.45, 2.75) is 114 Å². The minimum atomic E-state index is -4.74. The van der Waals surface area contributed by atoms with Crippen LogP contribution in [0.15, 0.2) is 30.9 Å². The van der Waals surface area contributed by atoms with E-state index in [0.29, 0.717) is 54.0 Å². The maximum Gasteiger partial charge on any atom is 0.408 e. The van der Waals surface area contributed by atoms with E-state index in [1.165, 1.54) is 26.8 Å². The van der Waals surface area contributed by atoms with Crippen LogP contribution in [0.25, 0.3) is 10.6 Å². The molecule has 0 aliphatic heterocycles. The number of alkyl halides is 3. The van der Waals surface area contributed by atoms with Gasteiger partial charge >= 0.3 is 12.3 Å². The van der Waals surface area contributed by atoms with Gasteiger partial charge in [0.1, 0.15) is 34.2 Å². The second-order valence-corrected chi connectivity index (χ2v) is 18.6. The molecule has 0 spiro atoms. The summed E-state index contributed by atoms with van der Waals surface area (Å²) in [6, 6.07) is 1.59. The van der Waals surface area contributed by atoms with E-state index >= 15 is 0 Å². The zero-order chi connectivity index (χ0) is 40.8. The number of nitrogens with zero attached hydrogens (tertiary/aromatic N) is 3. The summed E-state index contributed by atoms with van der Waals surface area (Å²) in [5, 5.41) is 6.18. The van der Waals surface area contributed by atoms with Gasteiger partial charge in [0.15, 0.2) is 15.7 Å². The number of rotatable bonds is 9. The van der Waals surface area contributed by atoms with Gasteiger partial charge in [-0.3, -0.25) is 4.68 Å². The number of allylic oxidation sites excluding steroid dienone is 1. The highest BCUT2D eigenvalue weighted by molar-refractivity contribution is 7.93. The van der Waals surface area contributed by atoms with Crippen LogP contribution >= 0.6 is 11.6 Å². The summed E-state index contributed by atoms with van der Waals surface area (Å²) >= 11 is 6.47. The average molecular weight is 808 g/mol. The molecule has 2 heterocycles. The molecule has 1 atom stereocenters. The van der Waals surface area contributed by atoms with Gasteiger partial charge < -0.3 is 15.8 Å². The highest BCUT2D eigenvalue weighted by Crippen LogP contribution is 2.38. The van der Waals surface area contributed by atoms with Crippen LogP contribution in [-0.4, -0.2) is 51.0 Å². The number of hydrogen-bond donors (Lipinski definition) is 2. The summed E-state index contributed by atoms with van der Waals surface area (Å²) in [5.74, 6) is 3.85. The molecule has 0 unspecified atom stereocenters. The first-order valence-electron chi connectivity index (χ1n) is 17.6. The molecule has 5 rings (SSSR count). The van der Waals surface area contributed by atoms with Crippen LogP contribution < -0.4 is 21.6 Å². The molecule has 296 valence electrons. The van der Waals surface area contributed by atoms with Crippen LogP contribution in [0.4, 0.5) is 32.6 Å². The molecule has 0 saturated heterocycles. The Labute approximate surface area is 321 Å². The molecular weight excluding hydrogens is 765 g/mol. The third-order valence-electron chi connectivity index (χ3n) is 9.22. The fourth-order valence-corrected chi connectivity index (χ4v) is 8.71. The number of carbonyl (C=O) groups is 1. The summed E-state index contributed by atoms with van der Waals surface area (Å²) in [4.78, 5) is 18.4. The van der Waals surface area contributed by atoms with Crippen LogP contribution in [0.2, 0.25) is 0 Å². The molecule has 1 aromatic carbocycles. The predicted molar refractivity (Wildman–Crippen MR) is 201 cm³/mol. The number of pyridine rings is 1. The minimum absolute atomic E-state index is 0.0123. The first-order chi connectivity index (χ1) is 25.4. The smallest absolute Gasteiger partial charge is 0.408 e. The number of benzene rings is 1. The van der Waals surface area contributed by atoms with Crippen LogP contribution in [-0.2, 0) is 40.4 Å².